The number of anilines is 2. The number of hydrogen-bond acceptors (Lipinski definition) is 3. The molecular formula is C13H9Cl2NO2. The van der Waals surface area contributed by atoms with Crippen LogP contribution >= 0.6 is 23.2 Å². The molecule has 0 aliphatic rings. The van der Waals surface area contributed by atoms with Crippen molar-refractivity contribution in [3.8, 4) is 5.75 Å². The summed E-state index contributed by atoms with van der Waals surface area (Å²) in [5, 5.41) is 13.2. The first-order valence-electron chi connectivity index (χ1n) is 5.11. The van der Waals surface area contributed by atoms with E-state index in [4.69, 9.17) is 23.2 Å². The summed E-state index contributed by atoms with van der Waals surface area (Å²) in [4.78, 5) is 10.9. The van der Waals surface area contributed by atoms with Crippen molar-refractivity contribution in [2.45, 2.75) is 0 Å². The highest BCUT2D eigenvalue weighted by molar-refractivity contribution is 6.39. The molecule has 0 radical (unpaired) electrons. The Bertz CT molecular complexity index is 579. The van der Waals surface area contributed by atoms with Crippen molar-refractivity contribution in [1.82, 2.24) is 0 Å². The molecule has 2 aromatic carbocycles. The second kappa shape index (κ2) is 5.29. The number of rotatable bonds is 3. The Hall–Kier alpha value is -1.71. The van der Waals surface area contributed by atoms with Crippen LogP contribution in [0.25, 0.3) is 0 Å². The van der Waals surface area contributed by atoms with Gasteiger partial charge in [0.2, 0.25) is 0 Å². The van der Waals surface area contributed by atoms with Crippen LogP contribution in [-0.2, 0) is 0 Å². The zero-order chi connectivity index (χ0) is 13.1. The van der Waals surface area contributed by atoms with E-state index in [-0.39, 0.29) is 5.75 Å². The number of phenolic OH excluding ortho intramolecular Hbond substituents is 1. The highest BCUT2D eigenvalue weighted by Crippen LogP contribution is 2.34. The lowest BCUT2D eigenvalue weighted by atomic mass is 10.1. The maximum Gasteiger partial charge on any atom is 0.152 e. The highest BCUT2D eigenvalue weighted by Gasteiger charge is 2.09. The normalized spacial score (nSPS) is 10.1. The number of nitrogens with one attached hydrogen (secondary N) is 1. The number of hydrogen-bond donors (Lipinski definition) is 2. The molecule has 0 spiro atoms. The van der Waals surface area contributed by atoms with Gasteiger partial charge >= 0.3 is 0 Å². The number of aldehydes is 1. The molecule has 0 saturated carbocycles. The fourth-order valence-corrected chi connectivity index (χ4v) is 2.00. The van der Waals surface area contributed by atoms with Crippen molar-refractivity contribution in [3.63, 3.8) is 0 Å². The standard InChI is InChI=1S/C13H9Cl2NO2/c14-10-2-1-3-11(15)13(10)16-12-6-9(18)5-4-8(12)7-17/h1-7,16,18H. The van der Waals surface area contributed by atoms with Gasteiger partial charge in [-0.3, -0.25) is 4.79 Å². The summed E-state index contributed by atoms with van der Waals surface area (Å²) in [5.41, 5.74) is 1.35. The minimum atomic E-state index is 0.0475. The molecule has 0 amide bonds. The monoisotopic (exact) mass is 281 g/mol. The van der Waals surface area contributed by atoms with Gasteiger partial charge < -0.3 is 10.4 Å². The van der Waals surface area contributed by atoms with Crippen LogP contribution in [0.15, 0.2) is 36.4 Å². The van der Waals surface area contributed by atoms with Gasteiger partial charge in [0.25, 0.3) is 0 Å². The molecule has 0 aliphatic carbocycles. The van der Waals surface area contributed by atoms with E-state index in [0.717, 1.165) is 0 Å². The van der Waals surface area contributed by atoms with Crippen molar-refractivity contribution >= 4 is 40.9 Å². The van der Waals surface area contributed by atoms with Gasteiger partial charge in [-0.1, -0.05) is 29.3 Å². The highest BCUT2D eigenvalue weighted by atomic mass is 35.5. The molecular weight excluding hydrogens is 273 g/mol. The van der Waals surface area contributed by atoms with E-state index >= 15 is 0 Å². The average molecular weight is 282 g/mol. The molecule has 92 valence electrons. The smallest absolute Gasteiger partial charge is 0.152 e. The van der Waals surface area contributed by atoms with Crippen LogP contribution < -0.4 is 5.32 Å². The van der Waals surface area contributed by atoms with Gasteiger partial charge in [-0.15, -0.1) is 0 Å². The molecule has 2 N–H and O–H groups in total. The summed E-state index contributed by atoms with van der Waals surface area (Å²) in [6.45, 7) is 0. The lowest BCUT2D eigenvalue weighted by molar-refractivity contribution is 0.112. The van der Waals surface area contributed by atoms with E-state index in [0.29, 0.717) is 33.3 Å². The van der Waals surface area contributed by atoms with Gasteiger partial charge in [-0.2, -0.15) is 0 Å². The van der Waals surface area contributed by atoms with Crippen LogP contribution in [0, 0.1) is 0 Å². The Kier molecular flexibility index (Phi) is 3.75. The summed E-state index contributed by atoms with van der Waals surface area (Å²) in [6.07, 6.45) is 0.687. The fourth-order valence-electron chi connectivity index (χ4n) is 1.51. The zero-order valence-electron chi connectivity index (χ0n) is 9.15. The van der Waals surface area contributed by atoms with E-state index in [1.807, 2.05) is 0 Å². The van der Waals surface area contributed by atoms with E-state index in [1.165, 1.54) is 18.2 Å². The topological polar surface area (TPSA) is 49.3 Å². The minimum absolute atomic E-state index is 0.0475. The maximum atomic E-state index is 10.9. The summed E-state index contributed by atoms with van der Waals surface area (Å²) < 4.78 is 0. The molecule has 0 saturated heterocycles. The van der Waals surface area contributed by atoms with Gasteiger partial charge in [-0.25, -0.2) is 0 Å². The van der Waals surface area contributed by atoms with E-state index < -0.39 is 0 Å². The number of para-hydroxylation sites is 1. The predicted octanol–water partition coefficient (Wildman–Crippen LogP) is 4.26. The van der Waals surface area contributed by atoms with Gasteiger partial charge in [0.05, 0.1) is 21.4 Å². The molecule has 0 unspecified atom stereocenters. The predicted molar refractivity (Wildman–Crippen MR) is 73.2 cm³/mol. The van der Waals surface area contributed by atoms with Crippen LogP contribution in [-0.4, -0.2) is 11.4 Å². The second-order valence-electron chi connectivity index (χ2n) is 3.61. The number of halogens is 2. The number of aromatic hydroxyl groups is 1. The number of benzene rings is 2. The molecule has 0 heterocycles. The minimum Gasteiger partial charge on any atom is -0.508 e. The van der Waals surface area contributed by atoms with Crippen molar-refractivity contribution in [2.75, 3.05) is 5.32 Å². The van der Waals surface area contributed by atoms with E-state index in [9.17, 15) is 9.90 Å². The summed E-state index contributed by atoms with van der Waals surface area (Å²) in [5.74, 6) is 0.0475. The summed E-state index contributed by atoms with van der Waals surface area (Å²) >= 11 is 12.0. The molecule has 2 aromatic rings. The van der Waals surface area contributed by atoms with Gasteiger partial charge in [0, 0.05) is 11.6 Å². The first-order valence-corrected chi connectivity index (χ1v) is 5.86. The number of phenols is 1. The third kappa shape index (κ3) is 2.58. The third-order valence-electron chi connectivity index (χ3n) is 2.39. The van der Waals surface area contributed by atoms with Crippen molar-refractivity contribution in [2.24, 2.45) is 0 Å². The molecule has 0 fully saturated rings. The zero-order valence-corrected chi connectivity index (χ0v) is 10.7. The molecule has 2 rings (SSSR count). The quantitative estimate of drug-likeness (QED) is 0.827. The Labute approximate surface area is 114 Å². The summed E-state index contributed by atoms with van der Waals surface area (Å²) in [6, 6.07) is 9.46. The summed E-state index contributed by atoms with van der Waals surface area (Å²) in [7, 11) is 0. The molecule has 3 nitrogen and oxygen atoms in total. The van der Waals surface area contributed by atoms with Gasteiger partial charge in [-0.05, 0) is 24.3 Å². The lowest BCUT2D eigenvalue weighted by Gasteiger charge is -2.12. The van der Waals surface area contributed by atoms with Crippen LogP contribution in [0.2, 0.25) is 10.0 Å². The van der Waals surface area contributed by atoms with Crippen LogP contribution in [0.3, 0.4) is 0 Å². The molecule has 0 atom stereocenters. The van der Waals surface area contributed by atoms with Gasteiger partial charge in [0.15, 0.2) is 6.29 Å². The van der Waals surface area contributed by atoms with Crippen molar-refractivity contribution in [3.05, 3.63) is 52.0 Å². The molecule has 0 bridgehead atoms. The van der Waals surface area contributed by atoms with Gasteiger partial charge in [0.1, 0.15) is 5.75 Å². The molecule has 18 heavy (non-hydrogen) atoms. The lowest BCUT2D eigenvalue weighted by Crippen LogP contribution is -1.96. The third-order valence-corrected chi connectivity index (χ3v) is 3.02. The largest absolute Gasteiger partial charge is 0.508 e. The molecule has 0 aromatic heterocycles. The number of carbonyl (C=O) groups is 1. The van der Waals surface area contributed by atoms with Crippen molar-refractivity contribution < 1.29 is 9.90 Å². The van der Waals surface area contributed by atoms with E-state index in [1.54, 1.807) is 18.2 Å². The Balaban J connectivity index is 2.45. The van der Waals surface area contributed by atoms with E-state index in [2.05, 4.69) is 5.32 Å². The van der Waals surface area contributed by atoms with Crippen molar-refractivity contribution in [1.29, 1.82) is 0 Å². The number of carbonyl (C=O) groups excluding carboxylic acids is 1. The Morgan fingerprint density at radius 2 is 1.78 bits per heavy atom. The fraction of sp³-hybridized carbons (Fsp3) is 0. The maximum absolute atomic E-state index is 10.9. The second-order valence-corrected chi connectivity index (χ2v) is 4.43. The van der Waals surface area contributed by atoms with Crippen LogP contribution in [0.4, 0.5) is 11.4 Å². The first-order chi connectivity index (χ1) is 8.61. The first kappa shape index (κ1) is 12.7. The Morgan fingerprint density at radius 1 is 1.11 bits per heavy atom. The van der Waals surface area contributed by atoms with Crippen LogP contribution in [0.1, 0.15) is 10.4 Å². The molecule has 0 aliphatic heterocycles. The van der Waals surface area contributed by atoms with Crippen LogP contribution in [0.5, 0.6) is 5.75 Å². The average Bonchev–Trinajstić information content (AvgIpc) is 2.34. The molecule has 5 heteroatoms. The SMILES string of the molecule is O=Cc1ccc(O)cc1Nc1c(Cl)cccc1Cl. The Morgan fingerprint density at radius 3 is 2.39 bits per heavy atom.